The first kappa shape index (κ1) is 66.5. The molecule has 0 aliphatic carbocycles. The highest BCUT2D eigenvalue weighted by molar-refractivity contribution is 7.47. The molecule has 0 aromatic heterocycles. The van der Waals surface area contributed by atoms with Gasteiger partial charge in [-0.05, 0) is 12.8 Å². The van der Waals surface area contributed by atoms with Crippen molar-refractivity contribution in [2.24, 2.45) is 5.73 Å². The predicted molar refractivity (Wildman–Crippen MR) is 282 cm³/mol. The van der Waals surface area contributed by atoms with Crippen molar-refractivity contribution in [1.29, 1.82) is 0 Å². The van der Waals surface area contributed by atoms with E-state index in [1.165, 1.54) is 231 Å². The van der Waals surface area contributed by atoms with E-state index < -0.39 is 51.1 Å². The summed E-state index contributed by atoms with van der Waals surface area (Å²) in [7, 11) is -4.72. The number of carboxylic acids is 1. The molecule has 0 aromatic rings. The van der Waals surface area contributed by atoms with Crippen LogP contribution in [-0.2, 0) is 37.5 Å². The molecule has 0 radical (unpaired) electrons. The lowest BCUT2D eigenvalue weighted by Crippen LogP contribution is -2.34. The third-order valence-electron chi connectivity index (χ3n) is 13.4. The highest BCUT2D eigenvalue weighted by atomic mass is 31.2. The second-order valence-electron chi connectivity index (χ2n) is 20.1. The smallest absolute Gasteiger partial charge is 0.472 e. The Bertz CT molecular complexity index is 1160. The van der Waals surface area contributed by atoms with Crippen molar-refractivity contribution in [2.75, 3.05) is 19.8 Å². The molecule has 0 rings (SSSR count). The van der Waals surface area contributed by atoms with Crippen molar-refractivity contribution >= 4 is 25.7 Å². The monoisotopic (exact) mass is 988 g/mol. The van der Waals surface area contributed by atoms with Gasteiger partial charge in [-0.3, -0.25) is 23.4 Å². The summed E-state index contributed by atoms with van der Waals surface area (Å²) in [5, 5.41) is 8.94. The van der Waals surface area contributed by atoms with E-state index >= 15 is 0 Å². The number of carbonyl (C=O) groups excluding carboxylic acids is 2. The molecule has 1 unspecified atom stereocenters. The van der Waals surface area contributed by atoms with Crippen LogP contribution in [0.15, 0.2) is 0 Å². The van der Waals surface area contributed by atoms with Gasteiger partial charge in [-0.2, -0.15) is 0 Å². The fraction of sp³-hybridized carbons (Fsp3) is 0.946. The summed E-state index contributed by atoms with van der Waals surface area (Å²) < 4.78 is 33.0. The van der Waals surface area contributed by atoms with Crippen molar-refractivity contribution < 1.29 is 47.5 Å². The predicted octanol–water partition coefficient (Wildman–Crippen LogP) is 17.0. The Morgan fingerprint density at radius 1 is 0.397 bits per heavy atom. The van der Waals surface area contributed by atoms with E-state index in [9.17, 15) is 23.8 Å². The standard InChI is InChI=1S/C56H110NO10P/c1-3-5-7-9-11-13-15-17-19-21-23-25-26-28-30-32-34-36-38-40-42-44-46-48-55(59)67-52(50-65-68(62,63)66-51-53(57)56(60)61)49-64-54(58)47-45-43-41-39-37-35-33-31-29-27-24-22-20-18-16-14-12-10-8-6-4-2/h52-53H,3-51,57H2,1-2H3,(H,60,61)(H,62,63)/t52-,53+/m1/s1. The molecule has 0 spiro atoms. The van der Waals surface area contributed by atoms with Gasteiger partial charge in [0.2, 0.25) is 0 Å². The minimum Gasteiger partial charge on any atom is -0.480 e. The Morgan fingerprint density at radius 3 is 0.926 bits per heavy atom. The van der Waals surface area contributed by atoms with Crippen molar-refractivity contribution in [2.45, 2.75) is 321 Å². The molecule has 12 heteroatoms. The molecule has 3 atom stereocenters. The zero-order valence-electron chi connectivity index (χ0n) is 44.5. The fourth-order valence-electron chi connectivity index (χ4n) is 8.84. The fourth-order valence-corrected chi connectivity index (χ4v) is 9.61. The third kappa shape index (κ3) is 50.9. The first-order chi connectivity index (χ1) is 33.1. The van der Waals surface area contributed by atoms with Crippen LogP contribution in [0.4, 0.5) is 0 Å². The van der Waals surface area contributed by atoms with Crippen LogP contribution in [0.5, 0.6) is 0 Å². The van der Waals surface area contributed by atoms with Gasteiger partial charge < -0.3 is 25.2 Å². The molecule has 0 aliphatic heterocycles. The van der Waals surface area contributed by atoms with E-state index in [0.717, 1.165) is 38.5 Å². The Kier molecular flexibility index (Phi) is 50.7. The minimum absolute atomic E-state index is 0.170. The molecule has 11 nitrogen and oxygen atoms in total. The van der Waals surface area contributed by atoms with E-state index in [2.05, 4.69) is 13.8 Å². The highest BCUT2D eigenvalue weighted by Crippen LogP contribution is 2.43. The van der Waals surface area contributed by atoms with E-state index in [0.29, 0.717) is 12.8 Å². The van der Waals surface area contributed by atoms with Gasteiger partial charge in [-0.15, -0.1) is 0 Å². The maximum atomic E-state index is 12.7. The molecule has 68 heavy (non-hydrogen) atoms. The first-order valence-electron chi connectivity index (χ1n) is 29.1. The highest BCUT2D eigenvalue weighted by Gasteiger charge is 2.28. The zero-order chi connectivity index (χ0) is 49.9. The molecule has 0 aromatic carbocycles. The number of carbonyl (C=O) groups is 3. The molecular formula is C56H110NO10P. The van der Waals surface area contributed by atoms with Crippen LogP contribution in [0.1, 0.15) is 309 Å². The number of hydrogen-bond acceptors (Lipinski definition) is 9. The van der Waals surface area contributed by atoms with Crippen molar-refractivity contribution in [3.63, 3.8) is 0 Å². The topological polar surface area (TPSA) is 172 Å². The van der Waals surface area contributed by atoms with E-state index in [1.807, 2.05) is 0 Å². The van der Waals surface area contributed by atoms with Crippen LogP contribution in [0, 0.1) is 0 Å². The van der Waals surface area contributed by atoms with Crippen LogP contribution in [0.25, 0.3) is 0 Å². The Morgan fingerprint density at radius 2 is 0.647 bits per heavy atom. The number of nitrogens with two attached hydrogens (primary N) is 1. The van der Waals surface area contributed by atoms with Gasteiger partial charge in [0, 0.05) is 12.8 Å². The maximum Gasteiger partial charge on any atom is 0.472 e. The summed E-state index contributed by atoms with van der Waals surface area (Å²) in [4.78, 5) is 46.3. The van der Waals surface area contributed by atoms with Crippen LogP contribution in [0.2, 0.25) is 0 Å². The molecule has 0 heterocycles. The molecule has 0 saturated heterocycles. The molecule has 0 saturated carbocycles. The van der Waals surface area contributed by atoms with E-state index in [1.54, 1.807) is 0 Å². The van der Waals surface area contributed by atoms with Crippen LogP contribution in [0.3, 0.4) is 0 Å². The third-order valence-corrected chi connectivity index (χ3v) is 14.3. The number of phosphoric ester groups is 1. The van der Waals surface area contributed by atoms with Crippen LogP contribution >= 0.6 is 7.82 Å². The molecule has 0 fully saturated rings. The molecular weight excluding hydrogens is 878 g/mol. The number of ether oxygens (including phenoxy) is 2. The number of unbranched alkanes of at least 4 members (excludes halogenated alkanes) is 42. The summed E-state index contributed by atoms with van der Waals surface area (Å²) >= 11 is 0. The van der Waals surface area contributed by atoms with Gasteiger partial charge in [0.25, 0.3) is 0 Å². The lowest BCUT2D eigenvalue weighted by Gasteiger charge is -2.20. The van der Waals surface area contributed by atoms with Crippen molar-refractivity contribution in [1.82, 2.24) is 0 Å². The van der Waals surface area contributed by atoms with E-state index in [4.69, 9.17) is 29.4 Å². The van der Waals surface area contributed by atoms with Gasteiger partial charge in [0.05, 0.1) is 13.2 Å². The van der Waals surface area contributed by atoms with Gasteiger partial charge in [-0.1, -0.05) is 284 Å². The number of aliphatic carboxylic acids is 1. The molecule has 404 valence electrons. The summed E-state index contributed by atoms with van der Waals surface area (Å²) in [5.74, 6) is -2.34. The number of phosphoric acid groups is 1. The normalized spacial score (nSPS) is 13.4. The van der Waals surface area contributed by atoms with Crippen molar-refractivity contribution in [3.8, 4) is 0 Å². The van der Waals surface area contributed by atoms with Crippen LogP contribution in [-0.4, -0.2) is 59.9 Å². The average Bonchev–Trinajstić information content (AvgIpc) is 3.32. The zero-order valence-corrected chi connectivity index (χ0v) is 45.4. The second-order valence-corrected chi connectivity index (χ2v) is 21.6. The molecule has 4 N–H and O–H groups in total. The molecule has 0 bridgehead atoms. The molecule has 0 aliphatic rings. The van der Waals surface area contributed by atoms with Crippen molar-refractivity contribution in [3.05, 3.63) is 0 Å². The quantitative estimate of drug-likeness (QED) is 0.0301. The number of carboxylic acid groups (broad SMARTS) is 1. The maximum absolute atomic E-state index is 12.7. The Balaban J connectivity index is 4.10. The molecule has 0 amide bonds. The number of rotatable bonds is 56. The summed E-state index contributed by atoms with van der Waals surface area (Å²) in [6.45, 7) is 2.89. The van der Waals surface area contributed by atoms with Gasteiger partial charge in [0.1, 0.15) is 12.6 Å². The first-order valence-corrected chi connectivity index (χ1v) is 30.6. The number of hydrogen-bond donors (Lipinski definition) is 3. The van der Waals surface area contributed by atoms with Crippen LogP contribution < -0.4 is 5.73 Å². The summed E-state index contributed by atoms with van der Waals surface area (Å²) in [6, 6.07) is -1.52. The summed E-state index contributed by atoms with van der Waals surface area (Å²) in [6.07, 6.45) is 56.0. The van der Waals surface area contributed by atoms with Gasteiger partial charge >= 0.3 is 25.7 Å². The number of esters is 2. The van der Waals surface area contributed by atoms with E-state index in [-0.39, 0.29) is 19.4 Å². The lowest BCUT2D eigenvalue weighted by atomic mass is 10.0. The average molecular weight is 988 g/mol. The Hall–Kier alpha value is -1.52. The minimum atomic E-state index is -4.72. The Labute approximate surface area is 418 Å². The van der Waals surface area contributed by atoms with Gasteiger partial charge in [0.15, 0.2) is 6.10 Å². The van der Waals surface area contributed by atoms with Gasteiger partial charge in [-0.25, -0.2) is 4.57 Å². The summed E-state index contributed by atoms with van der Waals surface area (Å²) in [5.41, 5.74) is 5.37. The lowest BCUT2D eigenvalue weighted by molar-refractivity contribution is -0.161. The SMILES string of the molecule is CCCCCCCCCCCCCCCCCCCCCCCCCC(=O)O[C@H](COC(=O)CCCCCCCCCCCCCCCCCCCCCCC)COP(=O)(O)OC[C@H](N)C(=O)O. The largest absolute Gasteiger partial charge is 0.480 e. The second kappa shape index (κ2) is 51.8.